The number of alkyl halides is 10. The molecule has 104 valence electrons. The molecule has 0 aromatic rings. The van der Waals surface area contributed by atoms with Crippen LogP contribution in [0.2, 0.25) is 0 Å². The molecule has 0 heterocycles. The molecule has 0 fully saturated rings. The second kappa shape index (κ2) is 4.89. The lowest BCUT2D eigenvalue weighted by molar-refractivity contribution is -0.275. The van der Waals surface area contributed by atoms with E-state index in [0.717, 1.165) is 0 Å². The summed E-state index contributed by atoms with van der Waals surface area (Å²) in [5, 5.41) is 0. The summed E-state index contributed by atoms with van der Waals surface area (Å²) < 4.78 is 119. The van der Waals surface area contributed by atoms with Crippen molar-refractivity contribution in [3.8, 4) is 0 Å². The zero-order valence-corrected chi connectivity index (χ0v) is 7.85. The molecule has 0 bridgehead atoms. The highest BCUT2D eigenvalue weighted by Gasteiger charge is 2.63. The molecule has 0 aliphatic heterocycles. The van der Waals surface area contributed by atoms with Gasteiger partial charge in [0.2, 0.25) is 0 Å². The second-order valence-corrected chi connectivity index (χ2v) is 3.22. The van der Waals surface area contributed by atoms with Gasteiger partial charge < -0.3 is 0 Å². The molecule has 0 aromatic carbocycles. The van der Waals surface area contributed by atoms with Crippen LogP contribution in [0.5, 0.6) is 0 Å². The second-order valence-electron chi connectivity index (χ2n) is 3.22. The molecule has 0 saturated heterocycles. The van der Waals surface area contributed by atoms with Crippen LogP contribution in [0.25, 0.3) is 0 Å². The van der Waals surface area contributed by atoms with E-state index in [4.69, 9.17) is 0 Å². The number of hydrogen-bond donors (Lipinski definition) is 0. The van der Waals surface area contributed by atoms with Crippen LogP contribution in [0.4, 0.5) is 43.9 Å². The van der Waals surface area contributed by atoms with Gasteiger partial charge in [0.15, 0.2) is 0 Å². The van der Waals surface area contributed by atoms with Crippen molar-refractivity contribution in [3.63, 3.8) is 0 Å². The third kappa shape index (κ3) is 3.63. The third-order valence-electron chi connectivity index (χ3n) is 1.96. The molecule has 10 heteroatoms. The van der Waals surface area contributed by atoms with Gasteiger partial charge in [-0.2, -0.15) is 13.2 Å². The van der Waals surface area contributed by atoms with E-state index in [1.54, 1.807) is 0 Å². The molecule has 0 aromatic heterocycles. The summed E-state index contributed by atoms with van der Waals surface area (Å²) in [5.74, 6) is -4.95. The molecule has 0 spiro atoms. The lowest BCUT2D eigenvalue weighted by Crippen LogP contribution is -2.48. The Hall–Kier alpha value is -0.700. The monoisotopic (exact) mass is 280 g/mol. The van der Waals surface area contributed by atoms with Gasteiger partial charge in [-0.1, -0.05) is 0 Å². The Morgan fingerprint density at radius 3 is 1.29 bits per heavy atom. The van der Waals surface area contributed by atoms with Gasteiger partial charge in [0.1, 0.15) is 0 Å². The van der Waals surface area contributed by atoms with E-state index in [0.29, 0.717) is 0 Å². The first-order valence-corrected chi connectivity index (χ1v) is 4.04. The number of halogens is 10. The van der Waals surface area contributed by atoms with Crippen LogP contribution in [-0.4, -0.2) is 30.6 Å². The maximum absolute atomic E-state index is 12.8. The fraction of sp³-hybridized carbons (Fsp3) is 1.00. The van der Waals surface area contributed by atoms with Crippen molar-refractivity contribution in [2.75, 3.05) is 0 Å². The SMILES string of the molecule is FC(F)C(F)(F)CCC(F)(C(F)F)C(F)(F)F. The lowest BCUT2D eigenvalue weighted by Gasteiger charge is -2.28. The molecule has 0 aliphatic carbocycles. The quantitative estimate of drug-likeness (QED) is 0.662. The van der Waals surface area contributed by atoms with Crippen LogP contribution >= 0.6 is 0 Å². The molecule has 0 aliphatic rings. The van der Waals surface area contributed by atoms with Gasteiger partial charge in [0, 0.05) is 12.8 Å². The van der Waals surface area contributed by atoms with Crippen molar-refractivity contribution in [3.05, 3.63) is 0 Å². The Morgan fingerprint density at radius 1 is 0.647 bits per heavy atom. The summed E-state index contributed by atoms with van der Waals surface area (Å²) in [6, 6.07) is 0. The standard InChI is InChI=1S/C7H6F10/c8-3(9)5(12,7(15,16)17)1-2-6(13,14)4(10)11/h3-4H,1-2H2. The van der Waals surface area contributed by atoms with Crippen molar-refractivity contribution >= 4 is 0 Å². The normalized spacial score (nSPS) is 17.6. The summed E-state index contributed by atoms with van der Waals surface area (Å²) >= 11 is 0. The zero-order valence-electron chi connectivity index (χ0n) is 7.85. The minimum absolute atomic E-state index is 2.33. The first kappa shape index (κ1) is 16.3. The van der Waals surface area contributed by atoms with Gasteiger partial charge in [-0.05, 0) is 0 Å². The summed E-state index contributed by atoms with van der Waals surface area (Å²) in [6.07, 6.45) is -19.9. The van der Waals surface area contributed by atoms with Gasteiger partial charge in [0.25, 0.3) is 12.1 Å². The van der Waals surface area contributed by atoms with Gasteiger partial charge in [0.05, 0.1) is 0 Å². The van der Waals surface area contributed by atoms with Gasteiger partial charge in [-0.25, -0.2) is 30.7 Å². The first-order valence-electron chi connectivity index (χ1n) is 4.04. The van der Waals surface area contributed by atoms with Crippen molar-refractivity contribution in [1.82, 2.24) is 0 Å². The summed E-state index contributed by atoms with van der Waals surface area (Å²) in [5.41, 5.74) is -5.22. The molecule has 1 atom stereocenters. The highest BCUT2D eigenvalue weighted by Crippen LogP contribution is 2.44. The molecular formula is C7H6F10. The smallest absolute Gasteiger partial charge is 0.227 e. The number of rotatable bonds is 5. The molecule has 0 amide bonds. The van der Waals surface area contributed by atoms with Gasteiger partial charge in [-0.15, -0.1) is 0 Å². The van der Waals surface area contributed by atoms with Crippen LogP contribution in [0.15, 0.2) is 0 Å². The van der Waals surface area contributed by atoms with Crippen molar-refractivity contribution < 1.29 is 43.9 Å². The molecule has 17 heavy (non-hydrogen) atoms. The van der Waals surface area contributed by atoms with E-state index in [1.165, 1.54) is 0 Å². The van der Waals surface area contributed by atoms with Gasteiger partial charge in [-0.3, -0.25) is 0 Å². The minimum Gasteiger partial charge on any atom is -0.227 e. The van der Waals surface area contributed by atoms with Crippen molar-refractivity contribution in [2.45, 2.75) is 43.5 Å². The molecule has 0 radical (unpaired) electrons. The van der Waals surface area contributed by atoms with Crippen molar-refractivity contribution in [1.29, 1.82) is 0 Å². The van der Waals surface area contributed by atoms with E-state index in [2.05, 4.69) is 0 Å². The molecular weight excluding hydrogens is 274 g/mol. The average Bonchev–Trinajstić information content (AvgIpc) is 2.11. The molecule has 0 N–H and O–H groups in total. The Kier molecular flexibility index (Phi) is 4.69. The topological polar surface area (TPSA) is 0 Å². The fourth-order valence-corrected chi connectivity index (χ4v) is 0.832. The highest BCUT2D eigenvalue weighted by molar-refractivity contribution is 4.91. The van der Waals surface area contributed by atoms with E-state index in [9.17, 15) is 43.9 Å². The van der Waals surface area contributed by atoms with E-state index >= 15 is 0 Å². The van der Waals surface area contributed by atoms with Crippen LogP contribution in [0.3, 0.4) is 0 Å². The van der Waals surface area contributed by atoms with E-state index < -0.39 is 43.5 Å². The Balaban J connectivity index is 4.83. The molecule has 1 unspecified atom stereocenters. The van der Waals surface area contributed by atoms with Crippen LogP contribution in [-0.2, 0) is 0 Å². The van der Waals surface area contributed by atoms with Gasteiger partial charge >= 0.3 is 18.5 Å². The van der Waals surface area contributed by atoms with E-state index in [1.807, 2.05) is 0 Å². The summed E-state index contributed by atoms with van der Waals surface area (Å²) in [7, 11) is 0. The predicted molar refractivity (Wildman–Crippen MR) is 36.1 cm³/mol. The maximum atomic E-state index is 12.8. The first-order chi connectivity index (χ1) is 7.34. The maximum Gasteiger partial charge on any atom is 0.428 e. The van der Waals surface area contributed by atoms with E-state index in [-0.39, 0.29) is 0 Å². The average molecular weight is 280 g/mol. The Morgan fingerprint density at radius 2 is 1.06 bits per heavy atom. The fourth-order valence-electron chi connectivity index (χ4n) is 0.832. The Labute approximate surface area is 88.6 Å². The predicted octanol–water partition coefficient (Wildman–Crippen LogP) is 4.20. The largest absolute Gasteiger partial charge is 0.428 e. The molecule has 0 nitrogen and oxygen atoms in total. The molecule has 0 saturated carbocycles. The van der Waals surface area contributed by atoms with Crippen LogP contribution < -0.4 is 0 Å². The van der Waals surface area contributed by atoms with Crippen molar-refractivity contribution in [2.24, 2.45) is 0 Å². The van der Waals surface area contributed by atoms with Crippen LogP contribution in [0.1, 0.15) is 12.8 Å². The lowest BCUT2D eigenvalue weighted by atomic mass is 9.97. The Bertz CT molecular complexity index is 244. The number of hydrogen-bond acceptors (Lipinski definition) is 0. The van der Waals surface area contributed by atoms with Crippen LogP contribution in [0, 0.1) is 0 Å². The molecule has 0 rings (SSSR count). The summed E-state index contributed by atoms with van der Waals surface area (Å²) in [6.45, 7) is 0. The third-order valence-corrected chi connectivity index (χ3v) is 1.96. The zero-order chi connectivity index (χ0) is 14.1. The highest BCUT2D eigenvalue weighted by atomic mass is 19.4. The summed E-state index contributed by atoms with van der Waals surface area (Å²) in [4.78, 5) is 0. The minimum atomic E-state index is -6.11.